The molecule has 7 nitrogen and oxygen atoms in total. The van der Waals surface area contributed by atoms with E-state index >= 15 is 0 Å². The predicted molar refractivity (Wildman–Crippen MR) is 142 cm³/mol. The average Bonchev–Trinajstić information content (AvgIpc) is 3.21. The van der Waals surface area contributed by atoms with Crippen LogP contribution in [0.3, 0.4) is 0 Å². The zero-order valence-electron chi connectivity index (χ0n) is 19.7. The molecule has 0 fully saturated rings. The Morgan fingerprint density at radius 2 is 1.83 bits per heavy atom. The summed E-state index contributed by atoms with van der Waals surface area (Å²) < 4.78 is 1.85. The second kappa shape index (κ2) is 12.2. The van der Waals surface area contributed by atoms with Crippen molar-refractivity contribution >= 4 is 52.5 Å². The highest BCUT2D eigenvalue weighted by Crippen LogP contribution is 2.27. The average molecular weight is 532 g/mol. The van der Waals surface area contributed by atoms with Crippen molar-refractivity contribution in [3.8, 4) is 0 Å². The first-order valence-corrected chi connectivity index (χ1v) is 12.7. The second-order valence-electron chi connectivity index (χ2n) is 8.16. The number of nitrogens with one attached hydrogen (secondary N) is 2. The molecule has 0 saturated carbocycles. The summed E-state index contributed by atoms with van der Waals surface area (Å²) in [6.07, 6.45) is 1.72. The zero-order valence-corrected chi connectivity index (χ0v) is 22.0. The highest BCUT2D eigenvalue weighted by Gasteiger charge is 2.27. The van der Waals surface area contributed by atoms with Crippen LogP contribution in [0.15, 0.2) is 60.3 Å². The van der Waals surface area contributed by atoms with Gasteiger partial charge >= 0.3 is 0 Å². The van der Waals surface area contributed by atoms with Gasteiger partial charge in [0.25, 0.3) is 5.91 Å². The quantitative estimate of drug-likeness (QED) is 0.249. The number of amides is 2. The number of rotatable bonds is 10. The summed E-state index contributed by atoms with van der Waals surface area (Å²) in [5.74, 6) is 0.227. The number of hydrogen-bond acceptors (Lipinski definition) is 5. The van der Waals surface area contributed by atoms with Gasteiger partial charge in [0.2, 0.25) is 5.91 Å². The lowest BCUT2D eigenvalue weighted by molar-refractivity contribution is -0.113. The van der Waals surface area contributed by atoms with Gasteiger partial charge in [-0.05, 0) is 42.7 Å². The molecule has 2 aromatic carbocycles. The summed E-state index contributed by atoms with van der Waals surface area (Å²) in [6.45, 7) is 10.1. The van der Waals surface area contributed by atoms with E-state index in [1.54, 1.807) is 48.5 Å². The van der Waals surface area contributed by atoms with Crippen molar-refractivity contribution in [3.63, 3.8) is 0 Å². The number of thioether (sulfide) groups is 1. The van der Waals surface area contributed by atoms with Crippen molar-refractivity contribution in [3.05, 3.63) is 82.1 Å². The lowest BCUT2D eigenvalue weighted by atomic mass is 10.0. The van der Waals surface area contributed by atoms with Gasteiger partial charge in [-0.1, -0.05) is 73.1 Å². The molecule has 0 spiro atoms. The van der Waals surface area contributed by atoms with Crippen molar-refractivity contribution in [1.82, 2.24) is 20.1 Å². The van der Waals surface area contributed by atoms with Crippen molar-refractivity contribution < 1.29 is 9.59 Å². The van der Waals surface area contributed by atoms with Gasteiger partial charge in [-0.25, -0.2) is 0 Å². The summed E-state index contributed by atoms with van der Waals surface area (Å²) >= 11 is 13.6. The Hall–Kier alpha value is -2.81. The molecule has 35 heavy (non-hydrogen) atoms. The highest BCUT2D eigenvalue weighted by molar-refractivity contribution is 7.99. The fourth-order valence-corrected chi connectivity index (χ4v) is 4.54. The monoisotopic (exact) mass is 531 g/mol. The molecular weight excluding hydrogens is 505 g/mol. The molecule has 3 aromatic rings. The van der Waals surface area contributed by atoms with Crippen LogP contribution in [0.4, 0.5) is 5.69 Å². The second-order valence-corrected chi connectivity index (χ2v) is 9.92. The molecule has 0 unspecified atom stereocenters. The van der Waals surface area contributed by atoms with E-state index < -0.39 is 6.04 Å². The third-order valence-electron chi connectivity index (χ3n) is 5.28. The maximum absolute atomic E-state index is 12.9. The van der Waals surface area contributed by atoms with Gasteiger partial charge in [0.05, 0.1) is 22.4 Å². The number of nitrogens with zero attached hydrogens (tertiary/aromatic N) is 3. The minimum absolute atomic E-state index is 0.0150. The highest BCUT2D eigenvalue weighted by atomic mass is 35.5. The Bertz CT molecular complexity index is 1230. The summed E-state index contributed by atoms with van der Waals surface area (Å²) in [6, 6.07) is 11.8. The van der Waals surface area contributed by atoms with Crippen LogP contribution in [0.25, 0.3) is 0 Å². The Morgan fingerprint density at radius 3 is 2.51 bits per heavy atom. The number of hydrogen-bond donors (Lipinski definition) is 2. The molecular formula is C25H27Cl2N5O2S. The number of anilines is 1. The minimum atomic E-state index is -0.427. The van der Waals surface area contributed by atoms with E-state index in [0.29, 0.717) is 38.8 Å². The van der Waals surface area contributed by atoms with Crippen molar-refractivity contribution in [1.29, 1.82) is 0 Å². The van der Waals surface area contributed by atoms with Crippen LogP contribution >= 0.6 is 35.0 Å². The van der Waals surface area contributed by atoms with Crippen LogP contribution in [0.1, 0.15) is 41.6 Å². The van der Waals surface area contributed by atoms with E-state index in [9.17, 15) is 9.59 Å². The van der Waals surface area contributed by atoms with Gasteiger partial charge in [0.15, 0.2) is 11.0 Å². The third kappa shape index (κ3) is 6.66. The first-order valence-electron chi connectivity index (χ1n) is 11.0. The van der Waals surface area contributed by atoms with E-state index in [0.717, 1.165) is 5.56 Å². The molecule has 0 aliphatic rings. The zero-order chi connectivity index (χ0) is 25.5. The third-order valence-corrected chi connectivity index (χ3v) is 6.99. The van der Waals surface area contributed by atoms with Gasteiger partial charge in [-0.3, -0.25) is 9.59 Å². The fraction of sp³-hybridized carbons (Fsp3) is 0.280. The summed E-state index contributed by atoms with van der Waals surface area (Å²) in [4.78, 5) is 25.5. The Kier molecular flexibility index (Phi) is 9.37. The SMILES string of the molecule is C=CCn1c(SCC(=O)Nc2cccc(Cl)c2C)nnc1[C@@H](NC(=O)c1ccccc1Cl)C(C)C. The summed E-state index contributed by atoms with van der Waals surface area (Å²) in [5.41, 5.74) is 1.86. The molecule has 3 rings (SSSR count). The molecule has 1 atom stereocenters. The lowest BCUT2D eigenvalue weighted by Crippen LogP contribution is -2.34. The van der Waals surface area contributed by atoms with Crippen LogP contribution in [0.2, 0.25) is 10.0 Å². The topological polar surface area (TPSA) is 88.9 Å². The molecule has 1 heterocycles. The standard InChI is InChI=1S/C25H27Cl2N5O2S/c1-5-13-32-23(22(15(2)3)29-24(34)17-9-6-7-10-19(17)27)30-31-25(32)35-14-21(33)28-20-12-8-11-18(26)16(20)4/h5-12,15,22H,1,13-14H2,2-4H3,(H,28,33)(H,29,34)/t22-/m0/s1. The Morgan fingerprint density at radius 1 is 1.11 bits per heavy atom. The molecule has 0 radical (unpaired) electrons. The van der Waals surface area contributed by atoms with E-state index in [1.807, 2.05) is 25.3 Å². The molecule has 2 amide bonds. The van der Waals surface area contributed by atoms with Crippen LogP contribution in [-0.2, 0) is 11.3 Å². The molecule has 1 aromatic heterocycles. The van der Waals surface area contributed by atoms with Gasteiger partial charge in [-0.15, -0.1) is 16.8 Å². The summed E-state index contributed by atoms with van der Waals surface area (Å²) in [5, 5.41) is 16.1. The van der Waals surface area contributed by atoms with Crippen LogP contribution in [0.5, 0.6) is 0 Å². The van der Waals surface area contributed by atoms with Crippen molar-refractivity contribution in [2.24, 2.45) is 5.92 Å². The van der Waals surface area contributed by atoms with E-state index in [1.165, 1.54) is 11.8 Å². The fourth-order valence-electron chi connectivity index (χ4n) is 3.39. The number of benzene rings is 2. The van der Waals surface area contributed by atoms with Gasteiger partial charge < -0.3 is 15.2 Å². The first kappa shape index (κ1) is 26.8. The van der Waals surface area contributed by atoms with Gasteiger partial charge in [-0.2, -0.15) is 0 Å². The van der Waals surface area contributed by atoms with Crippen molar-refractivity contribution in [2.45, 2.75) is 38.5 Å². The maximum Gasteiger partial charge on any atom is 0.253 e. The normalized spacial score (nSPS) is 11.8. The van der Waals surface area contributed by atoms with Gasteiger partial charge in [0, 0.05) is 17.3 Å². The van der Waals surface area contributed by atoms with Gasteiger partial charge in [0.1, 0.15) is 0 Å². The summed E-state index contributed by atoms with van der Waals surface area (Å²) in [7, 11) is 0. The minimum Gasteiger partial charge on any atom is -0.342 e. The number of allylic oxidation sites excluding steroid dienone is 1. The molecule has 184 valence electrons. The predicted octanol–water partition coefficient (Wildman–Crippen LogP) is 5.94. The maximum atomic E-state index is 12.9. The lowest BCUT2D eigenvalue weighted by Gasteiger charge is -2.23. The van der Waals surface area contributed by atoms with E-state index in [2.05, 4.69) is 27.4 Å². The first-order chi connectivity index (χ1) is 16.7. The molecule has 0 saturated heterocycles. The van der Waals surface area contributed by atoms with Crippen LogP contribution < -0.4 is 10.6 Å². The molecule has 0 aliphatic heterocycles. The van der Waals surface area contributed by atoms with E-state index in [4.69, 9.17) is 23.2 Å². The van der Waals surface area contributed by atoms with Crippen LogP contribution in [-0.4, -0.2) is 32.3 Å². The smallest absolute Gasteiger partial charge is 0.253 e. The number of carbonyl (C=O) groups is 2. The molecule has 0 bridgehead atoms. The van der Waals surface area contributed by atoms with Crippen LogP contribution in [0, 0.1) is 12.8 Å². The number of carbonyl (C=O) groups excluding carboxylic acids is 2. The largest absolute Gasteiger partial charge is 0.342 e. The Labute approximate surface area is 219 Å². The Balaban J connectivity index is 1.77. The van der Waals surface area contributed by atoms with Crippen molar-refractivity contribution in [2.75, 3.05) is 11.1 Å². The number of halogens is 2. The van der Waals surface area contributed by atoms with E-state index in [-0.39, 0.29) is 23.5 Å². The number of aromatic nitrogens is 3. The molecule has 10 heteroatoms. The molecule has 0 aliphatic carbocycles. The molecule has 2 N–H and O–H groups in total.